The Labute approximate surface area is 134 Å². The summed E-state index contributed by atoms with van der Waals surface area (Å²) < 4.78 is 15.1. The molecule has 2 amide bonds. The Hall–Kier alpha value is -2.41. The first kappa shape index (κ1) is 17.0. The number of halogens is 1. The highest BCUT2D eigenvalue weighted by molar-refractivity contribution is 5.92. The molecule has 6 nitrogen and oxygen atoms in total. The molecule has 0 bridgehead atoms. The van der Waals surface area contributed by atoms with E-state index in [-0.39, 0.29) is 6.61 Å². The van der Waals surface area contributed by atoms with Crippen molar-refractivity contribution in [2.45, 2.75) is 32.2 Å². The van der Waals surface area contributed by atoms with Crippen LogP contribution in [-0.2, 0) is 0 Å². The molecule has 0 saturated carbocycles. The fraction of sp³-hybridized carbons (Fsp3) is 0.375. The van der Waals surface area contributed by atoms with E-state index in [9.17, 15) is 14.3 Å². The second kappa shape index (κ2) is 7.23. The maximum atomic E-state index is 13.5. The monoisotopic (exact) mass is 320 g/mol. The van der Waals surface area contributed by atoms with Crippen LogP contribution in [-0.4, -0.2) is 33.1 Å². The average Bonchev–Trinajstić information content (AvgIpc) is 3.01. The van der Waals surface area contributed by atoms with E-state index in [4.69, 9.17) is 0 Å². The first-order valence-corrected chi connectivity index (χ1v) is 7.47. The minimum atomic E-state index is -0.724. The minimum Gasteiger partial charge on any atom is -0.394 e. The van der Waals surface area contributed by atoms with Crippen LogP contribution in [0.2, 0.25) is 0 Å². The van der Waals surface area contributed by atoms with Gasteiger partial charge in [-0.3, -0.25) is 0 Å². The van der Waals surface area contributed by atoms with Crippen molar-refractivity contribution in [1.82, 2.24) is 15.1 Å². The molecular weight excluding hydrogens is 299 g/mol. The number of urea groups is 1. The lowest BCUT2D eigenvalue weighted by atomic mass is 9.98. The van der Waals surface area contributed by atoms with Crippen LogP contribution in [0.5, 0.6) is 0 Å². The van der Waals surface area contributed by atoms with E-state index >= 15 is 0 Å². The summed E-state index contributed by atoms with van der Waals surface area (Å²) in [6.07, 6.45) is 4.74. The van der Waals surface area contributed by atoms with Gasteiger partial charge >= 0.3 is 6.03 Å². The lowest BCUT2D eigenvalue weighted by Gasteiger charge is -2.28. The van der Waals surface area contributed by atoms with Crippen molar-refractivity contribution in [2.75, 3.05) is 11.9 Å². The van der Waals surface area contributed by atoms with Crippen LogP contribution in [0.3, 0.4) is 0 Å². The molecular formula is C16H21FN4O2. The number of carbonyl (C=O) groups is 1. The molecule has 1 aromatic carbocycles. The number of hydrogen-bond donors (Lipinski definition) is 3. The number of rotatable bonds is 6. The molecule has 7 heteroatoms. The number of nitrogens with one attached hydrogen (secondary N) is 2. The maximum Gasteiger partial charge on any atom is 0.319 e. The van der Waals surface area contributed by atoms with Crippen molar-refractivity contribution in [1.29, 1.82) is 0 Å². The quantitative estimate of drug-likeness (QED) is 0.765. The van der Waals surface area contributed by atoms with Crippen LogP contribution in [0.4, 0.5) is 14.9 Å². The summed E-state index contributed by atoms with van der Waals surface area (Å²) in [4.78, 5) is 12.2. The Bertz CT molecular complexity index is 660. The van der Waals surface area contributed by atoms with Gasteiger partial charge in [-0.1, -0.05) is 13.3 Å². The molecule has 0 radical (unpaired) electrons. The number of nitrogens with zero attached hydrogens (tertiary/aromatic N) is 2. The Morgan fingerprint density at radius 1 is 1.48 bits per heavy atom. The lowest BCUT2D eigenvalue weighted by Crippen LogP contribution is -2.50. The molecule has 23 heavy (non-hydrogen) atoms. The minimum absolute atomic E-state index is 0.177. The normalized spacial score (nSPS) is 13.4. The molecule has 0 spiro atoms. The smallest absolute Gasteiger partial charge is 0.319 e. The molecule has 0 fully saturated rings. The van der Waals surface area contributed by atoms with E-state index in [0.29, 0.717) is 17.8 Å². The van der Waals surface area contributed by atoms with Crippen molar-refractivity contribution < 1.29 is 14.3 Å². The molecule has 0 aliphatic rings. The standard InChI is InChI=1S/C16H21FN4O2/c1-3-7-16(2,11-22)20-15(23)19-13-10-12(17)5-6-14(13)21-9-4-8-18-21/h4-6,8-10,22H,3,7,11H2,1-2H3,(H2,19,20,23)/t16-/m1/s1. The van der Waals surface area contributed by atoms with E-state index < -0.39 is 17.4 Å². The Balaban J connectivity index is 2.19. The van der Waals surface area contributed by atoms with Crippen molar-refractivity contribution in [3.05, 3.63) is 42.5 Å². The van der Waals surface area contributed by atoms with Crippen LogP contribution < -0.4 is 10.6 Å². The number of anilines is 1. The van der Waals surface area contributed by atoms with E-state index in [0.717, 1.165) is 6.42 Å². The highest BCUT2D eigenvalue weighted by Crippen LogP contribution is 2.21. The van der Waals surface area contributed by atoms with Gasteiger partial charge in [0, 0.05) is 12.4 Å². The predicted octanol–water partition coefficient (Wildman–Crippen LogP) is 2.68. The number of hydrogen-bond acceptors (Lipinski definition) is 3. The Kier molecular flexibility index (Phi) is 5.33. The van der Waals surface area contributed by atoms with Crippen LogP contribution in [0.15, 0.2) is 36.7 Å². The van der Waals surface area contributed by atoms with Gasteiger partial charge in [-0.15, -0.1) is 0 Å². The van der Waals surface area contributed by atoms with Crippen LogP contribution in [0.25, 0.3) is 5.69 Å². The van der Waals surface area contributed by atoms with E-state index in [1.165, 1.54) is 22.9 Å². The zero-order chi connectivity index (χ0) is 16.9. The van der Waals surface area contributed by atoms with Crippen LogP contribution in [0.1, 0.15) is 26.7 Å². The first-order chi connectivity index (χ1) is 11.0. The van der Waals surface area contributed by atoms with Gasteiger partial charge in [0.15, 0.2) is 0 Å². The van der Waals surface area contributed by atoms with Crippen molar-refractivity contribution in [3.63, 3.8) is 0 Å². The van der Waals surface area contributed by atoms with Gasteiger partial charge in [-0.05, 0) is 37.6 Å². The SMILES string of the molecule is CCC[C@](C)(CO)NC(=O)Nc1cc(F)ccc1-n1cccn1. The summed E-state index contributed by atoms with van der Waals surface area (Å²) in [6.45, 7) is 3.55. The topological polar surface area (TPSA) is 79.2 Å². The largest absolute Gasteiger partial charge is 0.394 e. The number of aromatic nitrogens is 2. The fourth-order valence-electron chi connectivity index (χ4n) is 2.38. The summed E-state index contributed by atoms with van der Waals surface area (Å²) in [5, 5.41) is 18.9. The van der Waals surface area contributed by atoms with Crippen molar-refractivity contribution >= 4 is 11.7 Å². The number of aliphatic hydroxyl groups excluding tert-OH is 1. The molecule has 2 rings (SSSR count). The predicted molar refractivity (Wildman–Crippen MR) is 86.1 cm³/mol. The van der Waals surface area contributed by atoms with Crippen molar-refractivity contribution in [3.8, 4) is 5.69 Å². The third-order valence-corrected chi connectivity index (χ3v) is 3.52. The summed E-state index contributed by atoms with van der Waals surface area (Å²) in [6, 6.07) is 5.29. The molecule has 1 heterocycles. The number of aliphatic hydroxyl groups is 1. The Morgan fingerprint density at radius 3 is 2.87 bits per heavy atom. The molecule has 124 valence electrons. The van der Waals surface area contributed by atoms with Gasteiger partial charge in [-0.25, -0.2) is 13.9 Å². The van der Waals surface area contributed by atoms with Gasteiger partial charge in [0.05, 0.1) is 23.5 Å². The van der Waals surface area contributed by atoms with Crippen LogP contribution >= 0.6 is 0 Å². The van der Waals surface area contributed by atoms with E-state index in [2.05, 4.69) is 15.7 Å². The van der Waals surface area contributed by atoms with Crippen molar-refractivity contribution in [2.24, 2.45) is 0 Å². The lowest BCUT2D eigenvalue weighted by molar-refractivity contribution is 0.167. The number of carbonyl (C=O) groups excluding carboxylic acids is 1. The second-order valence-electron chi connectivity index (χ2n) is 5.66. The summed E-state index contributed by atoms with van der Waals surface area (Å²) in [7, 11) is 0. The molecule has 0 saturated heterocycles. The summed E-state index contributed by atoms with van der Waals surface area (Å²) >= 11 is 0. The number of amides is 2. The molecule has 1 atom stereocenters. The fourth-order valence-corrected chi connectivity index (χ4v) is 2.38. The molecule has 2 aromatic rings. The molecule has 1 aromatic heterocycles. The zero-order valence-corrected chi connectivity index (χ0v) is 13.2. The molecule has 0 aliphatic carbocycles. The summed E-state index contributed by atoms with van der Waals surface area (Å²) in [5.74, 6) is -0.463. The molecule has 0 aliphatic heterocycles. The zero-order valence-electron chi connectivity index (χ0n) is 13.2. The third-order valence-electron chi connectivity index (χ3n) is 3.52. The summed E-state index contributed by atoms with van der Waals surface area (Å²) in [5.41, 5.74) is 0.119. The average molecular weight is 320 g/mol. The van der Waals surface area contributed by atoms with Gasteiger partial charge in [0.1, 0.15) is 5.82 Å². The maximum absolute atomic E-state index is 13.5. The van der Waals surface area contributed by atoms with Gasteiger partial charge in [-0.2, -0.15) is 5.10 Å². The van der Waals surface area contributed by atoms with Gasteiger partial charge in [0.2, 0.25) is 0 Å². The highest BCUT2D eigenvalue weighted by Gasteiger charge is 2.24. The highest BCUT2D eigenvalue weighted by atomic mass is 19.1. The van der Waals surface area contributed by atoms with E-state index in [1.54, 1.807) is 25.4 Å². The molecule has 3 N–H and O–H groups in total. The molecule has 0 unspecified atom stereocenters. The Morgan fingerprint density at radius 2 is 2.26 bits per heavy atom. The second-order valence-corrected chi connectivity index (χ2v) is 5.66. The third kappa shape index (κ3) is 4.29. The van der Waals surface area contributed by atoms with Gasteiger partial charge < -0.3 is 15.7 Å². The first-order valence-electron chi connectivity index (χ1n) is 7.47. The van der Waals surface area contributed by atoms with Crippen LogP contribution in [0, 0.1) is 5.82 Å². The number of benzene rings is 1. The van der Waals surface area contributed by atoms with Gasteiger partial charge in [0.25, 0.3) is 0 Å². The van der Waals surface area contributed by atoms with E-state index in [1.807, 2.05) is 6.92 Å².